The number of benzene rings is 1. The lowest BCUT2D eigenvalue weighted by Gasteiger charge is -2.41. The van der Waals surface area contributed by atoms with E-state index in [1.54, 1.807) is 16.7 Å². The van der Waals surface area contributed by atoms with Crippen LogP contribution in [-0.2, 0) is 12.0 Å². The van der Waals surface area contributed by atoms with E-state index in [0.717, 1.165) is 45.0 Å². The lowest BCUT2D eigenvalue weighted by molar-refractivity contribution is 0.253. The van der Waals surface area contributed by atoms with E-state index in [2.05, 4.69) is 47.9 Å². The number of hydrogen-bond donors (Lipinski definition) is 2. The molecule has 5 nitrogen and oxygen atoms in total. The molecular weight excluding hydrogens is 348 g/mol. The molecule has 0 aliphatic heterocycles. The van der Waals surface area contributed by atoms with Gasteiger partial charge >= 0.3 is 0 Å². The molecule has 28 heavy (non-hydrogen) atoms. The number of aromatic nitrogens is 1. The predicted molar refractivity (Wildman–Crippen MR) is 116 cm³/mol. The monoisotopic (exact) mass is 380 g/mol. The molecule has 0 radical (unpaired) electrons. The summed E-state index contributed by atoms with van der Waals surface area (Å²) in [5.41, 5.74) is 1.68. The maximum absolute atomic E-state index is 11.7. The zero-order chi connectivity index (χ0) is 19.7. The zero-order valence-corrected chi connectivity index (χ0v) is 16.9. The number of unbranched alkanes of at least 4 members (excludes halogenated alkanes) is 1. The number of hydrogen-bond acceptors (Lipinski definition) is 2. The molecule has 0 atom stereocenters. The van der Waals surface area contributed by atoms with Crippen molar-refractivity contribution >= 4 is 5.96 Å². The molecule has 0 unspecified atom stereocenters. The molecule has 3 rings (SSSR count). The highest BCUT2D eigenvalue weighted by Crippen LogP contribution is 2.43. The molecule has 1 fully saturated rings. The Balaban J connectivity index is 1.49. The van der Waals surface area contributed by atoms with Gasteiger partial charge in [-0.1, -0.05) is 42.8 Å². The molecule has 1 saturated carbocycles. The molecular formula is C23H32N4O. The molecule has 0 bridgehead atoms. The van der Waals surface area contributed by atoms with Crippen LogP contribution >= 0.6 is 0 Å². The topological polar surface area (TPSA) is 58.4 Å². The van der Waals surface area contributed by atoms with Gasteiger partial charge in [-0.15, -0.1) is 0 Å². The lowest BCUT2D eigenvalue weighted by atomic mass is 9.64. The van der Waals surface area contributed by atoms with Crippen molar-refractivity contribution in [3.8, 4) is 0 Å². The predicted octanol–water partition coefficient (Wildman–Crippen LogP) is 3.31. The second-order valence-corrected chi connectivity index (χ2v) is 7.56. The standard InChI is InChI=1S/C23H32N4O/c1-2-24-22(25-16-7-9-18-27-17-8-6-13-21(27)28)26-19-23(14-10-15-23)20-11-4-3-5-12-20/h3-6,8,11-13,17H,2,7,9-10,14-16,18-19H2,1H3,(H2,24,25,26). The maximum atomic E-state index is 11.7. The van der Waals surface area contributed by atoms with Gasteiger partial charge < -0.3 is 15.2 Å². The van der Waals surface area contributed by atoms with Gasteiger partial charge in [0, 0.05) is 37.3 Å². The Bertz CT molecular complexity index is 809. The Labute approximate surface area is 167 Å². The van der Waals surface area contributed by atoms with Crippen molar-refractivity contribution in [3.63, 3.8) is 0 Å². The van der Waals surface area contributed by atoms with Crippen molar-refractivity contribution in [3.05, 3.63) is 70.6 Å². The summed E-state index contributed by atoms with van der Waals surface area (Å²) in [5, 5.41) is 6.80. The molecule has 0 spiro atoms. The Morgan fingerprint density at radius 1 is 1.07 bits per heavy atom. The van der Waals surface area contributed by atoms with Crippen LogP contribution in [0.5, 0.6) is 0 Å². The third-order valence-electron chi connectivity index (χ3n) is 5.60. The number of aryl methyl sites for hydroxylation is 1. The normalized spacial score (nSPS) is 15.7. The molecule has 1 aliphatic rings. The summed E-state index contributed by atoms with van der Waals surface area (Å²) in [4.78, 5) is 16.6. The Hall–Kier alpha value is -2.56. The molecule has 150 valence electrons. The fourth-order valence-electron chi connectivity index (χ4n) is 3.76. The number of aliphatic imine (C=N–C) groups is 1. The molecule has 0 saturated heterocycles. The van der Waals surface area contributed by atoms with Gasteiger partial charge in [-0.25, -0.2) is 0 Å². The van der Waals surface area contributed by atoms with Gasteiger partial charge in [0.15, 0.2) is 5.96 Å². The molecule has 1 heterocycles. The average Bonchev–Trinajstić information content (AvgIpc) is 2.69. The van der Waals surface area contributed by atoms with Crippen molar-refractivity contribution in [1.29, 1.82) is 0 Å². The highest BCUT2D eigenvalue weighted by atomic mass is 16.1. The largest absolute Gasteiger partial charge is 0.357 e. The summed E-state index contributed by atoms with van der Waals surface area (Å²) < 4.78 is 1.76. The van der Waals surface area contributed by atoms with Crippen LogP contribution < -0.4 is 16.2 Å². The first-order chi connectivity index (χ1) is 13.7. The number of nitrogens with one attached hydrogen (secondary N) is 2. The van der Waals surface area contributed by atoms with Crippen molar-refractivity contribution in [2.45, 2.75) is 51.0 Å². The summed E-state index contributed by atoms with van der Waals surface area (Å²) in [5.74, 6) is 0.890. The number of rotatable bonds is 9. The van der Waals surface area contributed by atoms with E-state index in [4.69, 9.17) is 4.99 Å². The van der Waals surface area contributed by atoms with Crippen molar-refractivity contribution < 1.29 is 0 Å². The maximum Gasteiger partial charge on any atom is 0.250 e. The summed E-state index contributed by atoms with van der Waals surface area (Å²) in [6, 6.07) is 16.1. The van der Waals surface area contributed by atoms with E-state index in [9.17, 15) is 4.79 Å². The molecule has 1 aliphatic carbocycles. The first kappa shape index (κ1) is 20.2. The van der Waals surface area contributed by atoms with Crippen LogP contribution in [0.1, 0.15) is 44.6 Å². The van der Waals surface area contributed by atoms with E-state index < -0.39 is 0 Å². The van der Waals surface area contributed by atoms with Crippen LogP contribution in [-0.4, -0.2) is 30.2 Å². The highest BCUT2D eigenvalue weighted by molar-refractivity contribution is 5.79. The van der Waals surface area contributed by atoms with E-state index in [-0.39, 0.29) is 11.0 Å². The number of guanidine groups is 1. The summed E-state index contributed by atoms with van der Waals surface area (Å²) >= 11 is 0. The Morgan fingerprint density at radius 2 is 1.86 bits per heavy atom. The van der Waals surface area contributed by atoms with Gasteiger partial charge in [0.2, 0.25) is 5.56 Å². The van der Waals surface area contributed by atoms with Gasteiger partial charge in [0.25, 0.3) is 0 Å². The molecule has 0 amide bonds. The van der Waals surface area contributed by atoms with Crippen molar-refractivity contribution in [2.75, 3.05) is 19.6 Å². The van der Waals surface area contributed by atoms with Gasteiger partial charge in [-0.2, -0.15) is 0 Å². The first-order valence-electron chi connectivity index (χ1n) is 10.5. The van der Waals surface area contributed by atoms with Crippen LogP contribution in [0.2, 0.25) is 0 Å². The van der Waals surface area contributed by atoms with Crippen LogP contribution in [0.4, 0.5) is 0 Å². The third-order valence-corrected chi connectivity index (χ3v) is 5.60. The van der Waals surface area contributed by atoms with E-state index in [1.165, 1.54) is 24.8 Å². The second kappa shape index (κ2) is 10.1. The molecule has 5 heteroatoms. The van der Waals surface area contributed by atoms with Gasteiger partial charge in [0.1, 0.15) is 0 Å². The minimum Gasteiger partial charge on any atom is -0.357 e. The van der Waals surface area contributed by atoms with Crippen molar-refractivity contribution in [2.24, 2.45) is 4.99 Å². The summed E-state index contributed by atoms with van der Waals surface area (Å²) in [7, 11) is 0. The van der Waals surface area contributed by atoms with Gasteiger partial charge in [-0.3, -0.25) is 9.79 Å². The van der Waals surface area contributed by atoms with E-state index in [0.29, 0.717) is 0 Å². The quantitative estimate of drug-likeness (QED) is 0.399. The lowest BCUT2D eigenvalue weighted by Crippen LogP contribution is -2.42. The van der Waals surface area contributed by atoms with E-state index in [1.807, 2.05) is 12.3 Å². The fourth-order valence-corrected chi connectivity index (χ4v) is 3.76. The van der Waals surface area contributed by atoms with Crippen LogP contribution in [0, 0.1) is 0 Å². The number of nitrogens with zero attached hydrogens (tertiary/aromatic N) is 2. The second-order valence-electron chi connectivity index (χ2n) is 7.56. The minimum atomic E-state index is 0.0667. The summed E-state index contributed by atoms with van der Waals surface area (Å²) in [6.07, 6.45) is 7.52. The van der Waals surface area contributed by atoms with Crippen molar-refractivity contribution in [1.82, 2.24) is 15.2 Å². The van der Waals surface area contributed by atoms with Crippen LogP contribution in [0.3, 0.4) is 0 Å². The smallest absolute Gasteiger partial charge is 0.250 e. The third kappa shape index (κ3) is 5.24. The molecule has 1 aromatic carbocycles. The van der Waals surface area contributed by atoms with Gasteiger partial charge in [-0.05, 0) is 44.2 Å². The van der Waals surface area contributed by atoms with Crippen LogP contribution in [0.15, 0.2) is 64.5 Å². The highest BCUT2D eigenvalue weighted by Gasteiger charge is 2.38. The Morgan fingerprint density at radius 3 is 2.54 bits per heavy atom. The molecule has 1 aromatic heterocycles. The Kier molecular flexibility index (Phi) is 7.29. The number of pyridine rings is 1. The minimum absolute atomic E-state index is 0.0667. The zero-order valence-electron chi connectivity index (χ0n) is 16.9. The van der Waals surface area contributed by atoms with Gasteiger partial charge in [0.05, 0.1) is 6.54 Å². The summed E-state index contributed by atoms with van der Waals surface area (Å²) in [6.45, 7) is 5.38. The average molecular weight is 381 g/mol. The van der Waals surface area contributed by atoms with Crippen LogP contribution in [0.25, 0.3) is 0 Å². The fraction of sp³-hybridized carbons (Fsp3) is 0.478. The van der Waals surface area contributed by atoms with E-state index >= 15 is 0 Å². The SMILES string of the molecule is CCNC(=NCC1(c2ccccc2)CCC1)NCCCCn1ccccc1=O. The first-order valence-corrected chi connectivity index (χ1v) is 10.5. The molecule has 2 aromatic rings. The molecule has 2 N–H and O–H groups in total.